The first-order valence-corrected chi connectivity index (χ1v) is 11.1. The Balaban J connectivity index is 2.87. The van der Waals surface area contributed by atoms with Crippen LogP contribution in [0.1, 0.15) is 25.5 Å². The van der Waals surface area contributed by atoms with Crippen LogP contribution in [0, 0.1) is 0 Å². The van der Waals surface area contributed by atoms with Crippen molar-refractivity contribution in [1.29, 1.82) is 0 Å². The van der Waals surface area contributed by atoms with Gasteiger partial charge in [-0.15, -0.1) is 0 Å². The molecule has 0 saturated heterocycles. The monoisotopic (exact) mass is 471 g/mol. The quantitative estimate of drug-likeness (QED) is 0.152. The van der Waals surface area contributed by atoms with Crippen molar-refractivity contribution in [2.75, 3.05) is 12.0 Å². The average Bonchev–Trinajstić information content (AvgIpc) is 3.22. The molecule has 1 heterocycles. The van der Waals surface area contributed by atoms with E-state index in [1.165, 1.54) is 31.2 Å². The summed E-state index contributed by atoms with van der Waals surface area (Å²) in [6.45, 7) is 1.28. The molecule has 4 atom stereocenters. The van der Waals surface area contributed by atoms with E-state index in [0.717, 1.165) is 0 Å². The first-order chi connectivity index (χ1) is 15.0. The molecule has 0 aliphatic heterocycles. The van der Waals surface area contributed by atoms with Crippen LogP contribution in [-0.4, -0.2) is 80.8 Å². The lowest BCUT2D eigenvalue weighted by molar-refractivity contribution is -0.142. The zero-order valence-electron chi connectivity index (χ0n) is 17.8. The third-order valence-electron chi connectivity index (χ3n) is 4.34. The Bertz CT molecular complexity index is 804. The number of carboxylic acids is 1. The Hall–Kier alpha value is -3.13. The Morgan fingerprint density at radius 3 is 2.28 bits per heavy atom. The standard InChI is InChI=1S/C18H29N7O6S/c1-9(18(30)31)23-16(28)12(3-4-32-2)24-17(29)13(6-14(20)26)25-15(27)11(19)5-10-7-21-8-22-10/h7-9,11-13H,3-6,19H2,1-2H3,(H2,20,26)(H,21,22)(H,23,28)(H,24,29)(H,25,27)(H,30,31). The van der Waals surface area contributed by atoms with Gasteiger partial charge in [-0.1, -0.05) is 0 Å². The van der Waals surface area contributed by atoms with Crippen molar-refractivity contribution in [3.05, 3.63) is 18.2 Å². The van der Waals surface area contributed by atoms with Crippen LogP contribution in [0.2, 0.25) is 0 Å². The number of carbonyl (C=O) groups excluding carboxylic acids is 4. The van der Waals surface area contributed by atoms with Crippen molar-refractivity contribution in [1.82, 2.24) is 25.9 Å². The van der Waals surface area contributed by atoms with Crippen LogP contribution < -0.4 is 27.4 Å². The van der Waals surface area contributed by atoms with Crippen molar-refractivity contribution in [2.45, 2.75) is 50.4 Å². The Kier molecular flexibility index (Phi) is 11.2. The van der Waals surface area contributed by atoms with Gasteiger partial charge in [-0.3, -0.25) is 24.0 Å². The number of rotatable bonds is 14. The van der Waals surface area contributed by atoms with Gasteiger partial charge in [0, 0.05) is 18.3 Å². The molecule has 178 valence electrons. The highest BCUT2D eigenvalue weighted by molar-refractivity contribution is 7.98. The number of nitrogens with two attached hydrogens (primary N) is 2. The minimum absolute atomic E-state index is 0.114. The number of hydrogen-bond acceptors (Lipinski definition) is 8. The van der Waals surface area contributed by atoms with Crippen molar-refractivity contribution in [2.24, 2.45) is 11.5 Å². The molecule has 1 aromatic heterocycles. The summed E-state index contributed by atoms with van der Waals surface area (Å²) >= 11 is 1.42. The van der Waals surface area contributed by atoms with Crippen LogP contribution in [0.25, 0.3) is 0 Å². The summed E-state index contributed by atoms with van der Waals surface area (Å²) in [6.07, 6.45) is 4.51. The van der Waals surface area contributed by atoms with E-state index in [1.807, 2.05) is 0 Å². The summed E-state index contributed by atoms with van der Waals surface area (Å²) in [5.41, 5.74) is 11.7. The van der Waals surface area contributed by atoms with Gasteiger partial charge in [0.15, 0.2) is 0 Å². The van der Waals surface area contributed by atoms with Crippen molar-refractivity contribution in [3.63, 3.8) is 0 Å². The topological polar surface area (TPSA) is 222 Å². The van der Waals surface area contributed by atoms with Crippen LogP contribution in [0.15, 0.2) is 12.5 Å². The normalized spacial score (nSPS) is 14.5. The molecule has 13 nitrogen and oxygen atoms in total. The summed E-state index contributed by atoms with van der Waals surface area (Å²) in [5, 5.41) is 16.1. The molecule has 0 saturated carbocycles. The van der Waals surface area contributed by atoms with Gasteiger partial charge >= 0.3 is 5.97 Å². The van der Waals surface area contributed by atoms with Gasteiger partial charge in [0.05, 0.1) is 18.8 Å². The maximum absolute atomic E-state index is 12.8. The smallest absolute Gasteiger partial charge is 0.325 e. The Morgan fingerprint density at radius 1 is 1.12 bits per heavy atom. The first kappa shape index (κ1) is 26.9. The van der Waals surface area contributed by atoms with E-state index in [4.69, 9.17) is 16.6 Å². The Labute approximate surface area is 188 Å². The molecule has 0 aromatic carbocycles. The van der Waals surface area contributed by atoms with Crippen molar-refractivity contribution >= 4 is 41.4 Å². The largest absolute Gasteiger partial charge is 0.480 e. The summed E-state index contributed by atoms with van der Waals surface area (Å²) < 4.78 is 0. The van der Waals surface area contributed by atoms with Gasteiger partial charge in [0.1, 0.15) is 18.1 Å². The lowest BCUT2D eigenvalue weighted by Crippen LogP contribution is -2.57. The molecular weight excluding hydrogens is 442 g/mol. The number of hydrogen-bond donors (Lipinski definition) is 7. The molecule has 14 heteroatoms. The van der Waals surface area contributed by atoms with Crippen LogP contribution in [-0.2, 0) is 30.4 Å². The summed E-state index contributed by atoms with van der Waals surface area (Å²) in [7, 11) is 0. The number of aromatic nitrogens is 2. The van der Waals surface area contributed by atoms with E-state index in [-0.39, 0.29) is 12.8 Å². The molecule has 4 amide bonds. The van der Waals surface area contributed by atoms with Crippen LogP contribution >= 0.6 is 11.8 Å². The molecule has 9 N–H and O–H groups in total. The minimum Gasteiger partial charge on any atom is -0.480 e. The number of primary amides is 1. The second-order valence-electron chi connectivity index (χ2n) is 7.03. The van der Waals surface area contributed by atoms with Gasteiger partial charge < -0.3 is 37.5 Å². The van der Waals surface area contributed by atoms with E-state index in [0.29, 0.717) is 11.4 Å². The fourth-order valence-electron chi connectivity index (χ4n) is 2.57. The average molecular weight is 472 g/mol. The summed E-state index contributed by atoms with van der Waals surface area (Å²) in [5.74, 6) is -3.83. The second kappa shape index (κ2) is 13.3. The second-order valence-corrected chi connectivity index (χ2v) is 8.02. The number of nitrogens with zero attached hydrogens (tertiary/aromatic N) is 1. The third kappa shape index (κ3) is 9.34. The maximum Gasteiger partial charge on any atom is 0.325 e. The van der Waals surface area contributed by atoms with Gasteiger partial charge in [0.2, 0.25) is 23.6 Å². The van der Waals surface area contributed by atoms with Crippen molar-refractivity contribution in [3.8, 4) is 0 Å². The van der Waals surface area contributed by atoms with Gasteiger partial charge in [-0.05, 0) is 25.4 Å². The van der Waals surface area contributed by atoms with Crippen LogP contribution in [0.3, 0.4) is 0 Å². The predicted molar refractivity (Wildman–Crippen MR) is 116 cm³/mol. The zero-order chi connectivity index (χ0) is 24.3. The number of thioether (sulfide) groups is 1. The number of imidazole rings is 1. The fraction of sp³-hybridized carbons (Fsp3) is 0.556. The number of carbonyl (C=O) groups is 5. The third-order valence-corrected chi connectivity index (χ3v) is 4.99. The van der Waals surface area contributed by atoms with Crippen molar-refractivity contribution < 1.29 is 29.1 Å². The lowest BCUT2D eigenvalue weighted by atomic mass is 10.1. The molecule has 0 aliphatic rings. The fourth-order valence-corrected chi connectivity index (χ4v) is 3.04. The summed E-state index contributed by atoms with van der Waals surface area (Å²) in [6, 6.07) is -4.65. The van der Waals surface area contributed by atoms with E-state index >= 15 is 0 Å². The van der Waals surface area contributed by atoms with Gasteiger partial charge in [0.25, 0.3) is 0 Å². The highest BCUT2D eigenvalue weighted by atomic mass is 32.2. The van der Waals surface area contributed by atoms with E-state index in [9.17, 15) is 24.0 Å². The zero-order valence-corrected chi connectivity index (χ0v) is 18.6. The molecule has 0 bridgehead atoms. The Morgan fingerprint density at radius 2 is 1.75 bits per heavy atom. The molecule has 32 heavy (non-hydrogen) atoms. The molecular formula is C18H29N7O6S. The minimum atomic E-state index is -1.37. The number of carboxylic acid groups (broad SMARTS) is 1. The molecule has 0 radical (unpaired) electrons. The van der Waals surface area contributed by atoms with Gasteiger partial charge in [-0.25, -0.2) is 4.98 Å². The molecule has 0 spiro atoms. The lowest BCUT2D eigenvalue weighted by Gasteiger charge is -2.24. The number of H-pyrrole nitrogens is 1. The number of amides is 4. The predicted octanol–water partition coefficient (Wildman–Crippen LogP) is -2.53. The van der Waals surface area contributed by atoms with Crippen LogP contribution in [0.5, 0.6) is 0 Å². The molecule has 0 fully saturated rings. The first-order valence-electron chi connectivity index (χ1n) is 9.69. The molecule has 4 unspecified atom stereocenters. The SMILES string of the molecule is CSCCC(NC(=O)C(CC(N)=O)NC(=O)C(N)Cc1cnc[nH]1)C(=O)NC(C)C(=O)O. The molecule has 0 aliphatic carbocycles. The number of nitrogens with one attached hydrogen (secondary N) is 4. The highest BCUT2D eigenvalue weighted by Crippen LogP contribution is 2.04. The van der Waals surface area contributed by atoms with Gasteiger partial charge in [-0.2, -0.15) is 11.8 Å². The number of aromatic amines is 1. The molecule has 1 rings (SSSR count). The molecule has 1 aromatic rings. The maximum atomic E-state index is 12.8. The summed E-state index contributed by atoms with van der Waals surface area (Å²) in [4.78, 5) is 66.7. The van der Waals surface area contributed by atoms with E-state index < -0.39 is 60.2 Å². The van der Waals surface area contributed by atoms with E-state index in [1.54, 1.807) is 6.26 Å². The van der Waals surface area contributed by atoms with Crippen LogP contribution in [0.4, 0.5) is 0 Å². The highest BCUT2D eigenvalue weighted by Gasteiger charge is 2.30. The van der Waals surface area contributed by atoms with E-state index in [2.05, 4.69) is 25.9 Å². The number of aliphatic carboxylic acids is 1.